The molecule has 0 saturated heterocycles. The van der Waals surface area contributed by atoms with Crippen LogP contribution in [-0.2, 0) is 6.42 Å². The van der Waals surface area contributed by atoms with Crippen LogP contribution in [0, 0.1) is 0 Å². The highest BCUT2D eigenvalue weighted by molar-refractivity contribution is 7.99. The highest BCUT2D eigenvalue weighted by Crippen LogP contribution is 2.26. The van der Waals surface area contributed by atoms with Crippen molar-refractivity contribution < 1.29 is 5.11 Å². The first kappa shape index (κ1) is 13.4. The van der Waals surface area contributed by atoms with Gasteiger partial charge in [0.25, 0.3) is 0 Å². The van der Waals surface area contributed by atoms with Crippen LogP contribution in [0.3, 0.4) is 0 Å². The van der Waals surface area contributed by atoms with Gasteiger partial charge in [0.05, 0.1) is 0 Å². The van der Waals surface area contributed by atoms with Crippen LogP contribution in [-0.4, -0.2) is 17.4 Å². The molecule has 0 radical (unpaired) electrons. The second-order valence-electron chi connectivity index (χ2n) is 3.93. The normalized spacial score (nSPS) is 10.6. The molecule has 0 aliphatic heterocycles. The number of hydrogen-bond acceptors (Lipinski definition) is 3. The van der Waals surface area contributed by atoms with Crippen LogP contribution in [0.1, 0.15) is 31.7 Å². The van der Waals surface area contributed by atoms with Gasteiger partial charge in [0.2, 0.25) is 0 Å². The number of hydrogen-bond donors (Lipinski definition) is 2. The Kier molecular flexibility index (Phi) is 6.34. The van der Waals surface area contributed by atoms with Crippen molar-refractivity contribution in [3.8, 4) is 5.75 Å². The third kappa shape index (κ3) is 4.90. The number of aromatic hydroxyl groups is 1. The molecule has 0 aliphatic carbocycles. The van der Waals surface area contributed by atoms with Gasteiger partial charge in [-0.15, -0.1) is 11.8 Å². The molecule has 1 rings (SSSR count). The monoisotopic (exact) mass is 239 g/mol. The zero-order valence-electron chi connectivity index (χ0n) is 9.91. The van der Waals surface area contributed by atoms with E-state index in [1.165, 1.54) is 23.3 Å². The topological polar surface area (TPSA) is 46.2 Å². The number of aryl methyl sites for hydroxylation is 1. The largest absolute Gasteiger partial charge is 0.508 e. The quantitative estimate of drug-likeness (QED) is 0.567. The van der Waals surface area contributed by atoms with E-state index in [2.05, 4.69) is 13.0 Å². The minimum atomic E-state index is 0.369. The maximum atomic E-state index is 9.61. The van der Waals surface area contributed by atoms with Crippen molar-refractivity contribution in [2.45, 2.75) is 37.5 Å². The molecule has 1 aromatic rings. The summed E-state index contributed by atoms with van der Waals surface area (Å²) >= 11 is 1.82. The molecular formula is C13H21NOS. The Morgan fingerprint density at radius 3 is 2.75 bits per heavy atom. The summed E-state index contributed by atoms with van der Waals surface area (Å²) in [7, 11) is 0. The Hall–Kier alpha value is -0.670. The van der Waals surface area contributed by atoms with Gasteiger partial charge < -0.3 is 10.8 Å². The fraction of sp³-hybridized carbons (Fsp3) is 0.538. The summed E-state index contributed by atoms with van der Waals surface area (Å²) in [5.41, 5.74) is 6.67. The summed E-state index contributed by atoms with van der Waals surface area (Å²) in [5, 5.41) is 9.61. The van der Waals surface area contributed by atoms with E-state index in [0.717, 1.165) is 18.6 Å². The van der Waals surface area contributed by atoms with Crippen LogP contribution < -0.4 is 5.73 Å². The lowest BCUT2D eigenvalue weighted by Gasteiger charge is -2.06. The number of unbranched alkanes of at least 4 members (excludes halogenated alkanes) is 1. The summed E-state index contributed by atoms with van der Waals surface area (Å²) in [5.74, 6) is 1.49. The molecular weight excluding hydrogens is 218 g/mol. The van der Waals surface area contributed by atoms with Gasteiger partial charge in [0.1, 0.15) is 5.75 Å². The number of rotatable bonds is 7. The third-order valence-electron chi connectivity index (χ3n) is 2.39. The molecule has 0 unspecified atom stereocenters. The SMILES string of the molecule is CCCCSc1cc(O)cc(CCCN)c1. The standard InChI is InChI=1S/C13H21NOS/c1-2-3-7-16-13-9-11(5-4-6-14)8-12(15)10-13/h8-10,15H,2-7,14H2,1H3. The maximum Gasteiger partial charge on any atom is 0.116 e. The summed E-state index contributed by atoms with van der Waals surface area (Å²) in [6.07, 6.45) is 4.36. The van der Waals surface area contributed by atoms with Crippen LogP contribution in [0.25, 0.3) is 0 Å². The zero-order valence-corrected chi connectivity index (χ0v) is 10.7. The van der Waals surface area contributed by atoms with E-state index in [1.54, 1.807) is 0 Å². The summed E-state index contributed by atoms with van der Waals surface area (Å²) < 4.78 is 0. The van der Waals surface area contributed by atoms with E-state index >= 15 is 0 Å². The minimum absolute atomic E-state index is 0.369. The van der Waals surface area contributed by atoms with Crippen molar-refractivity contribution >= 4 is 11.8 Å². The Bertz CT molecular complexity index is 315. The average Bonchev–Trinajstić information content (AvgIpc) is 2.26. The molecule has 1 aromatic carbocycles. The molecule has 3 heteroatoms. The fourth-order valence-electron chi connectivity index (χ4n) is 1.51. The number of phenols is 1. The van der Waals surface area contributed by atoms with E-state index < -0.39 is 0 Å². The highest BCUT2D eigenvalue weighted by Gasteiger charge is 2.01. The lowest BCUT2D eigenvalue weighted by molar-refractivity contribution is 0.473. The number of phenolic OH excluding ortho intramolecular Hbond substituents is 1. The number of benzene rings is 1. The first-order valence-corrected chi connectivity index (χ1v) is 6.90. The van der Waals surface area contributed by atoms with Crippen molar-refractivity contribution in [3.05, 3.63) is 23.8 Å². The van der Waals surface area contributed by atoms with Gasteiger partial charge in [-0.1, -0.05) is 13.3 Å². The molecule has 0 aromatic heterocycles. The van der Waals surface area contributed by atoms with Crippen molar-refractivity contribution in [1.82, 2.24) is 0 Å². The molecule has 16 heavy (non-hydrogen) atoms. The summed E-state index contributed by atoms with van der Waals surface area (Å²) in [6.45, 7) is 2.89. The second-order valence-corrected chi connectivity index (χ2v) is 5.10. The molecule has 0 fully saturated rings. The predicted octanol–water partition coefficient (Wildman–Crippen LogP) is 3.18. The van der Waals surface area contributed by atoms with Crippen LogP contribution in [0.15, 0.2) is 23.1 Å². The minimum Gasteiger partial charge on any atom is -0.508 e. The lowest BCUT2D eigenvalue weighted by Crippen LogP contribution is -2.00. The first-order chi connectivity index (χ1) is 7.76. The molecule has 3 N–H and O–H groups in total. The molecule has 0 bridgehead atoms. The van der Waals surface area contributed by atoms with Crippen LogP contribution >= 0.6 is 11.8 Å². The molecule has 0 aliphatic rings. The van der Waals surface area contributed by atoms with Crippen molar-refractivity contribution in [3.63, 3.8) is 0 Å². The highest BCUT2D eigenvalue weighted by atomic mass is 32.2. The number of nitrogens with two attached hydrogens (primary N) is 1. The van der Waals surface area contributed by atoms with Crippen molar-refractivity contribution in [2.75, 3.05) is 12.3 Å². The van der Waals surface area contributed by atoms with Crippen LogP contribution in [0.2, 0.25) is 0 Å². The smallest absolute Gasteiger partial charge is 0.116 e. The van der Waals surface area contributed by atoms with Gasteiger partial charge in [0, 0.05) is 4.90 Å². The van der Waals surface area contributed by atoms with Gasteiger partial charge >= 0.3 is 0 Å². The molecule has 90 valence electrons. The predicted molar refractivity (Wildman–Crippen MR) is 71.1 cm³/mol. The van der Waals surface area contributed by atoms with Gasteiger partial charge in [-0.05, 0) is 55.3 Å². The van der Waals surface area contributed by atoms with Crippen LogP contribution in [0.4, 0.5) is 0 Å². The summed E-state index contributed by atoms with van der Waals surface area (Å²) in [4.78, 5) is 1.17. The van der Waals surface area contributed by atoms with Crippen molar-refractivity contribution in [2.24, 2.45) is 5.73 Å². The van der Waals surface area contributed by atoms with Crippen molar-refractivity contribution in [1.29, 1.82) is 0 Å². The molecule has 0 spiro atoms. The Morgan fingerprint density at radius 1 is 1.25 bits per heavy atom. The molecule has 0 heterocycles. The summed E-state index contributed by atoms with van der Waals surface area (Å²) in [6, 6.07) is 5.83. The van der Waals surface area contributed by atoms with E-state index in [4.69, 9.17) is 5.73 Å². The Labute approximate surface area is 102 Å². The van der Waals surface area contributed by atoms with Crippen LogP contribution in [0.5, 0.6) is 5.75 Å². The Balaban J connectivity index is 2.58. The van der Waals surface area contributed by atoms with Gasteiger partial charge in [-0.3, -0.25) is 0 Å². The molecule has 0 saturated carbocycles. The lowest BCUT2D eigenvalue weighted by atomic mass is 10.1. The molecule has 0 atom stereocenters. The van der Waals surface area contributed by atoms with Gasteiger partial charge in [-0.25, -0.2) is 0 Å². The number of thioether (sulfide) groups is 1. The fourth-order valence-corrected chi connectivity index (χ4v) is 2.62. The second kappa shape index (κ2) is 7.58. The molecule has 0 amide bonds. The van der Waals surface area contributed by atoms with E-state index in [9.17, 15) is 5.11 Å². The van der Waals surface area contributed by atoms with Gasteiger partial charge in [-0.2, -0.15) is 0 Å². The Morgan fingerprint density at radius 2 is 2.06 bits per heavy atom. The third-order valence-corrected chi connectivity index (χ3v) is 3.45. The van der Waals surface area contributed by atoms with E-state index in [-0.39, 0.29) is 0 Å². The average molecular weight is 239 g/mol. The van der Waals surface area contributed by atoms with E-state index in [0.29, 0.717) is 12.3 Å². The maximum absolute atomic E-state index is 9.61. The zero-order chi connectivity index (χ0) is 11.8. The first-order valence-electron chi connectivity index (χ1n) is 5.92. The van der Waals surface area contributed by atoms with E-state index in [1.807, 2.05) is 23.9 Å². The van der Waals surface area contributed by atoms with Gasteiger partial charge in [0.15, 0.2) is 0 Å². The molecule has 2 nitrogen and oxygen atoms in total.